The van der Waals surface area contributed by atoms with Crippen molar-refractivity contribution in [1.82, 2.24) is 10.3 Å². The van der Waals surface area contributed by atoms with Gasteiger partial charge in [0.05, 0.1) is 5.52 Å². The number of pyridine rings is 1. The number of nitrogens with one attached hydrogen (secondary N) is 1. The molecule has 0 atom stereocenters. The van der Waals surface area contributed by atoms with E-state index in [9.17, 15) is 4.79 Å². The largest absolute Gasteiger partial charge is 0.353 e. The number of carbonyl (C=O) groups excluding carboxylic acids is 1. The zero-order valence-corrected chi connectivity index (χ0v) is 11.1. The molecule has 0 aliphatic heterocycles. The Morgan fingerprint density at radius 3 is 3.00 bits per heavy atom. The normalized spacial score (nSPS) is 10.4. The highest BCUT2D eigenvalue weighted by molar-refractivity contribution is 5.79. The molecule has 1 amide bonds. The molecule has 0 saturated heterocycles. The van der Waals surface area contributed by atoms with Crippen LogP contribution < -0.4 is 5.32 Å². The number of fused-ring (bicyclic) bond motifs is 1. The van der Waals surface area contributed by atoms with E-state index in [4.69, 9.17) is 0 Å². The van der Waals surface area contributed by atoms with Gasteiger partial charge in [0.25, 0.3) is 0 Å². The lowest BCUT2D eigenvalue weighted by atomic mass is 10.1. The van der Waals surface area contributed by atoms with E-state index in [2.05, 4.69) is 42.0 Å². The SMILES string of the molecule is C=CCNC(=O)CCc1ccc2cc(C)ccc2n1. The summed E-state index contributed by atoms with van der Waals surface area (Å²) in [6, 6.07) is 10.2. The van der Waals surface area contributed by atoms with Crippen LogP contribution in [0, 0.1) is 6.92 Å². The van der Waals surface area contributed by atoms with Gasteiger partial charge in [-0.2, -0.15) is 0 Å². The summed E-state index contributed by atoms with van der Waals surface area (Å²) in [5.41, 5.74) is 3.16. The maximum absolute atomic E-state index is 11.5. The minimum Gasteiger partial charge on any atom is -0.353 e. The average molecular weight is 254 g/mol. The number of carbonyl (C=O) groups is 1. The molecule has 0 bridgehead atoms. The molecule has 3 nitrogen and oxygen atoms in total. The molecular weight excluding hydrogens is 236 g/mol. The molecular formula is C16H18N2O. The van der Waals surface area contributed by atoms with Gasteiger partial charge in [-0.3, -0.25) is 9.78 Å². The van der Waals surface area contributed by atoms with Crippen molar-refractivity contribution in [1.29, 1.82) is 0 Å². The van der Waals surface area contributed by atoms with Crippen molar-refractivity contribution >= 4 is 16.8 Å². The lowest BCUT2D eigenvalue weighted by Gasteiger charge is -2.04. The number of aryl methyl sites for hydroxylation is 2. The van der Waals surface area contributed by atoms with Crippen LogP contribution in [-0.4, -0.2) is 17.4 Å². The van der Waals surface area contributed by atoms with Crippen LogP contribution in [0.1, 0.15) is 17.7 Å². The first-order valence-electron chi connectivity index (χ1n) is 6.43. The fraction of sp³-hybridized carbons (Fsp3) is 0.250. The van der Waals surface area contributed by atoms with E-state index in [1.165, 1.54) is 5.56 Å². The van der Waals surface area contributed by atoms with Crippen molar-refractivity contribution in [3.63, 3.8) is 0 Å². The summed E-state index contributed by atoms with van der Waals surface area (Å²) in [7, 11) is 0. The summed E-state index contributed by atoms with van der Waals surface area (Å²) >= 11 is 0. The van der Waals surface area contributed by atoms with Gasteiger partial charge in [0.1, 0.15) is 0 Å². The molecule has 2 aromatic rings. The molecule has 0 fully saturated rings. The molecule has 0 aliphatic carbocycles. The summed E-state index contributed by atoms with van der Waals surface area (Å²) in [5, 5.41) is 3.90. The molecule has 1 aromatic carbocycles. The summed E-state index contributed by atoms with van der Waals surface area (Å²) in [5.74, 6) is 0.0331. The van der Waals surface area contributed by atoms with Gasteiger partial charge < -0.3 is 5.32 Å². The van der Waals surface area contributed by atoms with Gasteiger partial charge in [0.15, 0.2) is 0 Å². The molecule has 1 aromatic heterocycles. The number of amides is 1. The van der Waals surface area contributed by atoms with Crippen LogP contribution in [-0.2, 0) is 11.2 Å². The third-order valence-electron chi connectivity index (χ3n) is 2.95. The molecule has 0 saturated carbocycles. The van der Waals surface area contributed by atoms with Crippen LogP contribution in [0.2, 0.25) is 0 Å². The van der Waals surface area contributed by atoms with E-state index >= 15 is 0 Å². The Hall–Kier alpha value is -2.16. The monoisotopic (exact) mass is 254 g/mol. The highest BCUT2D eigenvalue weighted by Gasteiger charge is 2.03. The van der Waals surface area contributed by atoms with Gasteiger partial charge in [-0.15, -0.1) is 6.58 Å². The Morgan fingerprint density at radius 1 is 1.37 bits per heavy atom. The van der Waals surface area contributed by atoms with Gasteiger partial charge in [-0.05, 0) is 31.5 Å². The maximum atomic E-state index is 11.5. The first-order chi connectivity index (χ1) is 9.19. The predicted octanol–water partition coefficient (Wildman–Crippen LogP) is 2.78. The molecule has 0 radical (unpaired) electrons. The molecule has 0 aliphatic rings. The van der Waals surface area contributed by atoms with Gasteiger partial charge in [-0.1, -0.05) is 23.8 Å². The Balaban J connectivity index is 2.03. The summed E-state index contributed by atoms with van der Waals surface area (Å²) < 4.78 is 0. The van der Waals surface area contributed by atoms with Crippen LogP contribution in [0.25, 0.3) is 10.9 Å². The van der Waals surface area contributed by atoms with Gasteiger partial charge in [-0.25, -0.2) is 0 Å². The lowest BCUT2D eigenvalue weighted by molar-refractivity contribution is -0.120. The predicted molar refractivity (Wildman–Crippen MR) is 78.0 cm³/mol. The van der Waals surface area contributed by atoms with E-state index in [1.54, 1.807) is 6.08 Å². The van der Waals surface area contributed by atoms with Gasteiger partial charge in [0, 0.05) is 24.0 Å². The third-order valence-corrected chi connectivity index (χ3v) is 2.95. The summed E-state index contributed by atoms with van der Waals surface area (Å²) in [6.07, 6.45) is 2.79. The minimum absolute atomic E-state index is 0.0331. The fourth-order valence-corrected chi connectivity index (χ4v) is 1.94. The number of nitrogens with zero attached hydrogens (tertiary/aromatic N) is 1. The Kier molecular flexibility index (Phi) is 4.29. The minimum atomic E-state index is 0.0331. The molecule has 2 rings (SSSR count). The topological polar surface area (TPSA) is 42.0 Å². The molecule has 98 valence electrons. The van der Waals surface area contributed by atoms with Crippen molar-refractivity contribution in [2.45, 2.75) is 19.8 Å². The number of benzene rings is 1. The number of hydrogen-bond donors (Lipinski definition) is 1. The van der Waals surface area contributed by atoms with Gasteiger partial charge >= 0.3 is 0 Å². The van der Waals surface area contributed by atoms with Crippen molar-refractivity contribution < 1.29 is 4.79 Å². The van der Waals surface area contributed by atoms with Crippen LogP contribution in [0.3, 0.4) is 0 Å². The molecule has 1 heterocycles. The summed E-state index contributed by atoms with van der Waals surface area (Å²) in [6.45, 7) is 6.15. The smallest absolute Gasteiger partial charge is 0.220 e. The molecule has 1 N–H and O–H groups in total. The quantitative estimate of drug-likeness (QED) is 0.834. The van der Waals surface area contributed by atoms with Crippen molar-refractivity contribution in [3.8, 4) is 0 Å². The van der Waals surface area contributed by atoms with Crippen molar-refractivity contribution in [2.75, 3.05) is 6.54 Å². The van der Waals surface area contributed by atoms with Crippen LogP contribution in [0.4, 0.5) is 0 Å². The maximum Gasteiger partial charge on any atom is 0.220 e. The van der Waals surface area contributed by atoms with E-state index in [0.29, 0.717) is 19.4 Å². The second-order valence-corrected chi connectivity index (χ2v) is 4.59. The Morgan fingerprint density at radius 2 is 2.21 bits per heavy atom. The summed E-state index contributed by atoms with van der Waals surface area (Å²) in [4.78, 5) is 16.1. The van der Waals surface area contributed by atoms with E-state index in [-0.39, 0.29) is 5.91 Å². The number of rotatable bonds is 5. The van der Waals surface area contributed by atoms with Crippen molar-refractivity contribution in [2.24, 2.45) is 0 Å². The second-order valence-electron chi connectivity index (χ2n) is 4.59. The average Bonchev–Trinajstić information content (AvgIpc) is 2.42. The van der Waals surface area contributed by atoms with E-state index < -0.39 is 0 Å². The zero-order chi connectivity index (χ0) is 13.7. The molecule has 3 heteroatoms. The fourth-order valence-electron chi connectivity index (χ4n) is 1.94. The molecule has 0 unspecified atom stereocenters. The lowest BCUT2D eigenvalue weighted by Crippen LogP contribution is -2.23. The highest BCUT2D eigenvalue weighted by Crippen LogP contribution is 2.15. The first-order valence-corrected chi connectivity index (χ1v) is 6.43. The Bertz CT molecular complexity index is 605. The molecule has 0 spiro atoms. The Labute approximate surface area is 113 Å². The standard InChI is InChI=1S/C16H18N2O/c1-3-10-17-16(19)9-7-14-6-5-13-11-12(2)4-8-15(13)18-14/h3-6,8,11H,1,7,9-10H2,2H3,(H,17,19). The van der Waals surface area contributed by atoms with Crippen molar-refractivity contribution in [3.05, 3.63) is 54.2 Å². The molecule has 19 heavy (non-hydrogen) atoms. The second kappa shape index (κ2) is 6.14. The number of hydrogen-bond acceptors (Lipinski definition) is 2. The van der Waals surface area contributed by atoms with Crippen LogP contribution in [0.5, 0.6) is 0 Å². The van der Waals surface area contributed by atoms with Crippen LogP contribution >= 0.6 is 0 Å². The third kappa shape index (κ3) is 3.65. The first kappa shape index (κ1) is 13.3. The van der Waals surface area contributed by atoms with Crippen LogP contribution in [0.15, 0.2) is 43.0 Å². The van der Waals surface area contributed by atoms with E-state index in [0.717, 1.165) is 16.6 Å². The number of aromatic nitrogens is 1. The van der Waals surface area contributed by atoms with Gasteiger partial charge in [0.2, 0.25) is 5.91 Å². The highest BCUT2D eigenvalue weighted by atomic mass is 16.1. The van der Waals surface area contributed by atoms with E-state index in [1.807, 2.05) is 12.1 Å². The zero-order valence-electron chi connectivity index (χ0n) is 11.1.